The lowest BCUT2D eigenvalue weighted by Crippen LogP contribution is -2.13. The first-order valence-electron chi connectivity index (χ1n) is 3.96. The van der Waals surface area contributed by atoms with Gasteiger partial charge in [-0.15, -0.1) is 0 Å². The minimum absolute atomic E-state index is 0.125. The molecule has 3 N–H and O–H groups in total. The molecule has 1 rings (SSSR count). The maximum absolute atomic E-state index is 5.27. The quantitative estimate of drug-likeness (QED) is 0.491. The van der Waals surface area contributed by atoms with Crippen molar-refractivity contribution in [2.24, 2.45) is 5.84 Å². The molecule has 1 aromatic heterocycles. The fraction of sp³-hybridized carbons (Fsp3) is 0.444. The van der Waals surface area contributed by atoms with Gasteiger partial charge in [-0.3, -0.25) is 10.8 Å². The topological polar surface area (TPSA) is 50.9 Å². The van der Waals surface area contributed by atoms with Crippen molar-refractivity contribution in [1.82, 2.24) is 4.98 Å². The number of nitrogens with one attached hydrogen (secondary N) is 1. The summed E-state index contributed by atoms with van der Waals surface area (Å²) in [6.45, 7) is 6.43. The largest absolute Gasteiger partial charge is 0.323 e. The number of nitrogens with zero attached hydrogens (tertiary/aromatic N) is 1. The van der Waals surface area contributed by atoms with Gasteiger partial charge in [0.25, 0.3) is 0 Å². The van der Waals surface area contributed by atoms with Crippen LogP contribution in [0.15, 0.2) is 18.5 Å². The summed E-state index contributed by atoms with van der Waals surface area (Å²) in [5.74, 6) is 5.27. The maximum atomic E-state index is 5.27. The van der Waals surface area contributed by atoms with E-state index in [0.717, 1.165) is 5.69 Å². The highest BCUT2D eigenvalue weighted by Crippen LogP contribution is 2.22. The van der Waals surface area contributed by atoms with Gasteiger partial charge in [-0.2, -0.15) is 0 Å². The summed E-state index contributed by atoms with van der Waals surface area (Å²) >= 11 is 0. The molecular weight excluding hydrogens is 150 g/mol. The van der Waals surface area contributed by atoms with Crippen LogP contribution in [0.25, 0.3) is 0 Å². The molecule has 0 saturated heterocycles. The summed E-state index contributed by atoms with van der Waals surface area (Å²) in [7, 11) is 0. The Kier molecular flexibility index (Phi) is 2.33. The van der Waals surface area contributed by atoms with Gasteiger partial charge >= 0.3 is 0 Å². The Balaban J connectivity index is 3.02. The fourth-order valence-corrected chi connectivity index (χ4v) is 0.929. The predicted molar refractivity (Wildman–Crippen MR) is 50.7 cm³/mol. The maximum Gasteiger partial charge on any atom is 0.0671 e. The van der Waals surface area contributed by atoms with Gasteiger partial charge in [-0.05, 0) is 17.0 Å². The lowest BCUT2D eigenvalue weighted by atomic mass is 9.88. The second-order valence-corrected chi connectivity index (χ2v) is 3.86. The van der Waals surface area contributed by atoms with Gasteiger partial charge in [0.1, 0.15) is 0 Å². The summed E-state index contributed by atoms with van der Waals surface area (Å²) in [6.07, 6.45) is 3.57. The number of nitrogens with two attached hydrogens (primary N) is 1. The zero-order valence-corrected chi connectivity index (χ0v) is 7.76. The second kappa shape index (κ2) is 3.11. The lowest BCUT2D eigenvalue weighted by Gasteiger charge is -2.18. The van der Waals surface area contributed by atoms with Crippen molar-refractivity contribution in [1.29, 1.82) is 0 Å². The van der Waals surface area contributed by atoms with E-state index in [1.807, 2.05) is 12.3 Å². The smallest absolute Gasteiger partial charge is 0.0671 e. The van der Waals surface area contributed by atoms with Crippen LogP contribution in [0.5, 0.6) is 0 Å². The van der Waals surface area contributed by atoms with E-state index in [1.165, 1.54) is 5.56 Å². The van der Waals surface area contributed by atoms with Crippen molar-refractivity contribution in [3.8, 4) is 0 Å². The van der Waals surface area contributed by atoms with Crippen LogP contribution in [-0.4, -0.2) is 4.98 Å². The normalized spacial score (nSPS) is 11.3. The van der Waals surface area contributed by atoms with Crippen LogP contribution in [0.1, 0.15) is 26.3 Å². The van der Waals surface area contributed by atoms with E-state index in [-0.39, 0.29) is 5.41 Å². The molecule has 12 heavy (non-hydrogen) atoms. The Labute approximate surface area is 73.0 Å². The molecule has 3 heteroatoms. The van der Waals surface area contributed by atoms with Crippen LogP contribution in [0.3, 0.4) is 0 Å². The van der Waals surface area contributed by atoms with Crippen molar-refractivity contribution in [3.63, 3.8) is 0 Å². The Morgan fingerprint density at radius 2 is 2.00 bits per heavy atom. The Morgan fingerprint density at radius 1 is 1.33 bits per heavy atom. The molecule has 0 unspecified atom stereocenters. The van der Waals surface area contributed by atoms with Crippen molar-refractivity contribution >= 4 is 5.69 Å². The molecule has 0 atom stereocenters. The average Bonchev–Trinajstić information content (AvgIpc) is 2.03. The Hall–Kier alpha value is -1.09. The van der Waals surface area contributed by atoms with Crippen molar-refractivity contribution < 1.29 is 0 Å². The third-order valence-electron chi connectivity index (χ3n) is 1.77. The zero-order chi connectivity index (χ0) is 9.19. The summed E-state index contributed by atoms with van der Waals surface area (Å²) in [4.78, 5) is 4.08. The molecular formula is C9H15N3. The average molecular weight is 165 g/mol. The minimum Gasteiger partial charge on any atom is -0.323 e. The Bertz CT molecular complexity index is 263. The third-order valence-corrected chi connectivity index (χ3v) is 1.77. The molecule has 66 valence electrons. The van der Waals surface area contributed by atoms with Gasteiger partial charge in [0.15, 0.2) is 0 Å². The molecule has 0 aliphatic heterocycles. The van der Waals surface area contributed by atoms with Crippen LogP contribution in [0, 0.1) is 0 Å². The molecule has 0 aliphatic carbocycles. The molecule has 0 fully saturated rings. The number of rotatable bonds is 1. The number of aromatic nitrogens is 1. The van der Waals surface area contributed by atoms with Crippen molar-refractivity contribution in [2.45, 2.75) is 26.2 Å². The SMILES string of the molecule is CC(C)(C)c1cncc(NN)c1. The summed E-state index contributed by atoms with van der Waals surface area (Å²) in [6, 6.07) is 2.01. The van der Waals surface area contributed by atoms with Gasteiger partial charge in [0, 0.05) is 6.20 Å². The van der Waals surface area contributed by atoms with Gasteiger partial charge < -0.3 is 5.43 Å². The monoisotopic (exact) mass is 165 g/mol. The van der Waals surface area contributed by atoms with Crippen LogP contribution in [0.2, 0.25) is 0 Å². The van der Waals surface area contributed by atoms with E-state index in [1.54, 1.807) is 6.20 Å². The van der Waals surface area contributed by atoms with Crippen LogP contribution >= 0.6 is 0 Å². The fourth-order valence-electron chi connectivity index (χ4n) is 0.929. The molecule has 0 aliphatic rings. The first-order chi connectivity index (χ1) is 5.54. The molecule has 0 spiro atoms. The molecule has 0 amide bonds. The van der Waals surface area contributed by atoms with Crippen LogP contribution in [-0.2, 0) is 5.41 Å². The zero-order valence-electron chi connectivity index (χ0n) is 7.76. The van der Waals surface area contributed by atoms with E-state index >= 15 is 0 Å². The van der Waals surface area contributed by atoms with Crippen molar-refractivity contribution in [3.05, 3.63) is 24.0 Å². The third kappa shape index (κ3) is 1.95. The number of hydrogen-bond acceptors (Lipinski definition) is 3. The highest BCUT2D eigenvalue weighted by atomic mass is 15.2. The van der Waals surface area contributed by atoms with Gasteiger partial charge in [0.05, 0.1) is 11.9 Å². The number of hydrazine groups is 1. The molecule has 0 radical (unpaired) electrons. The van der Waals surface area contributed by atoms with E-state index in [9.17, 15) is 0 Å². The van der Waals surface area contributed by atoms with E-state index in [0.29, 0.717) is 0 Å². The summed E-state index contributed by atoms with van der Waals surface area (Å²) < 4.78 is 0. The van der Waals surface area contributed by atoms with Crippen LogP contribution < -0.4 is 11.3 Å². The van der Waals surface area contributed by atoms with E-state index < -0.39 is 0 Å². The number of anilines is 1. The number of nitrogen functional groups attached to an aromatic ring is 1. The number of hydrogen-bond donors (Lipinski definition) is 2. The molecule has 3 nitrogen and oxygen atoms in total. The molecule has 1 heterocycles. The van der Waals surface area contributed by atoms with Gasteiger partial charge in [-0.1, -0.05) is 20.8 Å². The van der Waals surface area contributed by atoms with Crippen LogP contribution in [0.4, 0.5) is 5.69 Å². The first kappa shape index (κ1) is 9.00. The predicted octanol–water partition coefficient (Wildman–Crippen LogP) is 1.66. The van der Waals surface area contributed by atoms with Gasteiger partial charge in [0.2, 0.25) is 0 Å². The lowest BCUT2D eigenvalue weighted by molar-refractivity contribution is 0.587. The number of pyridine rings is 1. The van der Waals surface area contributed by atoms with E-state index in [4.69, 9.17) is 5.84 Å². The van der Waals surface area contributed by atoms with E-state index in [2.05, 4.69) is 31.2 Å². The summed E-state index contributed by atoms with van der Waals surface area (Å²) in [5.41, 5.74) is 4.73. The minimum atomic E-state index is 0.125. The standard InChI is InChI=1S/C9H15N3/c1-9(2,3)7-4-8(12-10)6-11-5-7/h4-6,12H,10H2,1-3H3. The molecule has 0 saturated carbocycles. The Morgan fingerprint density at radius 3 is 2.50 bits per heavy atom. The first-order valence-corrected chi connectivity index (χ1v) is 3.96. The molecule has 0 aromatic carbocycles. The molecule has 1 aromatic rings. The summed E-state index contributed by atoms with van der Waals surface area (Å²) in [5, 5.41) is 0. The van der Waals surface area contributed by atoms with Gasteiger partial charge in [-0.25, -0.2) is 0 Å². The highest BCUT2D eigenvalue weighted by Gasteiger charge is 2.13. The molecule has 0 bridgehead atoms. The van der Waals surface area contributed by atoms with Crippen molar-refractivity contribution in [2.75, 3.05) is 5.43 Å². The highest BCUT2D eigenvalue weighted by molar-refractivity contribution is 5.43. The second-order valence-electron chi connectivity index (χ2n) is 3.86.